The summed E-state index contributed by atoms with van der Waals surface area (Å²) in [4.78, 5) is 3.32. The number of ether oxygens (including phenoxy) is 1. The fourth-order valence-electron chi connectivity index (χ4n) is 1.86. The van der Waals surface area contributed by atoms with E-state index in [1.807, 2.05) is 6.92 Å². The summed E-state index contributed by atoms with van der Waals surface area (Å²) in [6, 6.07) is 1.69. The Balaban J connectivity index is 2.75. The van der Waals surface area contributed by atoms with Crippen LogP contribution in [0.2, 0.25) is 0 Å². The van der Waals surface area contributed by atoms with Crippen molar-refractivity contribution in [1.82, 2.24) is 14.6 Å². The molecule has 1 rings (SSSR count). The first kappa shape index (κ1) is 17.2. The number of sulfonamides is 1. The monoisotopic (exact) mass is 303 g/mol. The van der Waals surface area contributed by atoms with E-state index in [4.69, 9.17) is 4.74 Å². The number of methoxy groups -OCH3 is 1. The highest BCUT2D eigenvalue weighted by Crippen LogP contribution is 2.16. The zero-order valence-corrected chi connectivity index (χ0v) is 13.3. The Morgan fingerprint density at radius 2 is 2.15 bits per heavy atom. The Morgan fingerprint density at radius 3 is 2.75 bits per heavy atom. The minimum atomic E-state index is -3.44. The van der Waals surface area contributed by atoms with Crippen LogP contribution >= 0.6 is 0 Å². The fraction of sp³-hybridized carbons (Fsp3) is 0.692. The van der Waals surface area contributed by atoms with Crippen molar-refractivity contribution in [2.45, 2.75) is 31.7 Å². The molecule has 0 aliphatic rings. The van der Waals surface area contributed by atoms with Gasteiger partial charge in [-0.1, -0.05) is 13.8 Å². The molecule has 0 amide bonds. The van der Waals surface area contributed by atoms with E-state index in [1.54, 1.807) is 19.4 Å². The van der Waals surface area contributed by atoms with Gasteiger partial charge in [0.25, 0.3) is 0 Å². The molecule has 7 heteroatoms. The van der Waals surface area contributed by atoms with Crippen molar-refractivity contribution in [3.63, 3.8) is 0 Å². The van der Waals surface area contributed by atoms with Crippen molar-refractivity contribution >= 4 is 10.0 Å². The molecule has 0 saturated heterocycles. The quantitative estimate of drug-likeness (QED) is 0.636. The number of aromatic nitrogens is 1. The van der Waals surface area contributed by atoms with E-state index >= 15 is 0 Å². The predicted molar refractivity (Wildman–Crippen MR) is 79.1 cm³/mol. The second-order valence-electron chi connectivity index (χ2n) is 4.53. The highest BCUT2D eigenvalue weighted by molar-refractivity contribution is 7.89. The van der Waals surface area contributed by atoms with Crippen LogP contribution < -0.4 is 5.32 Å². The van der Waals surface area contributed by atoms with Gasteiger partial charge in [-0.05, 0) is 19.0 Å². The fourth-order valence-corrected chi connectivity index (χ4v) is 3.31. The molecule has 1 heterocycles. The first-order chi connectivity index (χ1) is 9.56. The predicted octanol–water partition coefficient (Wildman–Crippen LogP) is 1.17. The van der Waals surface area contributed by atoms with Gasteiger partial charge in [0.2, 0.25) is 10.0 Å². The van der Waals surface area contributed by atoms with Crippen molar-refractivity contribution in [3.8, 4) is 0 Å². The topological polar surface area (TPSA) is 74.4 Å². The van der Waals surface area contributed by atoms with Gasteiger partial charge in [-0.3, -0.25) is 0 Å². The summed E-state index contributed by atoms with van der Waals surface area (Å²) < 4.78 is 31.3. The number of hydrogen-bond acceptors (Lipinski definition) is 4. The average Bonchev–Trinajstić information content (AvgIpc) is 2.89. The van der Waals surface area contributed by atoms with E-state index in [1.165, 1.54) is 4.31 Å². The van der Waals surface area contributed by atoms with Gasteiger partial charge < -0.3 is 15.0 Å². The lowest BCUT2D eigenvalue weighted by atomic mass is 10.4. The molecule has 0 spiro atoms. The molecule has 0 aliphatic carbocycles. The summed E-state index contributed by atoms with van der Waals surface area (Å²) in [5.74, 6) is 0. The molecule has 20 heavy (non-hydrogen) atoms. The molecule has 0 unspecified atom stereocenters. The van der Waals surface area contributed by atoms with E-state index in [2.05, 4.69) is 17.2 Å². The molecule has 2 N–H and O–H groups in total. The number of H-pyrrole nitrogens is 1. The van der Waals surface area contributed by atoms with E-state index in [9.17, 15) is 8.42 Å². The molecule has 0 aliphatic heterocycles. The second-order valence-corrected chi connectivity index (χ2v) is 6.46. The second kappa shape index (κ2) is 8.41. The van der Waals surface area contributed by atoms with Gasteiger partial charge in [0.05, 0.1) is 11.5 Å². The summed E-state index contributed by atoms with van der Waals surface area (Å²) in [5.41, 5.74) is 0.875. The van der Waals surface area contributed by atoms with Gasteiger partial charge in [-0.2, -0.15) is 4.31 Å². The number of rotatable bonds is 10. The maximum atomic E-state index is 12.4. The van der Waals surface area contributed by atoms with Crippen LogP contribution in [-0.4, -0.2) is 51.1 Å². The van der Waals surface area contributed by atoms with Gasteiger partial charge in [0, 0.05) is 38.6 Å². The zero-order valence-electron chi connectivity index (χ0n) is 12.5. The van der Waals surface area contributed by atoms with Crippen molar-refractivity contribution in [3.05, 3.63) is 18.0 Å². The van der Waals surface area contributed by atoms with Gasteiger partial charge in [-0.15, -0.1) is 0 Å². The Hall–Kier alpha value is -0.890. The highest BCUT2D eigenvalue weighted by atomic mass is 32.2. The van der Waals surface area contributed by atoms with Crippen molar-refractivity contribution in [2.75, 3.05) is 33.4 Å². The van der Waals surface area contributed by atoms with Crippen LogP contribution in [0.3, 0.4) is 0 Å². The Kier molecular flexibility index (Phi) is 7.22. The summed E-state index contributed by atoms with van der Waals surface area (Å²) in [5, 5.41) is 3.23. The normalized spacial score (nSPS) is 12.2. The van der Waals surface area contributed by atoms with E-state index in [0.717, 1.165) is 18.7 Å². The van der Waals surface area contributed by atoms with Crippen LogP contribution in [0.4, 0.5) is 0 Å². The Labute approximate surface area is 121 Å². The Morgan fingerprint density at radius 1 is 1.40 bits per heavy atom. The lowest BCUT2D eigenvalue weighted by Crippen LogP contribution is -2.33. The highest BCUT2D eigenvalue weighted by Gasteiger charge is 2.23. The summed E-state index contributed by atoms with van der Waals surface area (Å²) >= 11 is 0. The van der Waals surface area contributed by atoms with Crippen LogP contribution in [0.15, 0.2) is 17.2 Å². The molecular formula is C13H25N3O3S. The lowest BCUT2D eigenvalue weighted by Gasteiger charge is -2.19. The van der Waals surface area contributed by atoms with Crippen LogP contribution in [0.25, 0.3) is 0 Å². The number of nitrogens with one attached hydrogen (secondary N) is 2. The molecule has 1 aromatic heterocycles. The van der Waals surface area contributed by atoms with Crippen LogP contribution in [0.1, 0.15) is 26.0 Å². The van der Waals surface area contributed by atoms with Gasteiger partial charge in [0.15, 0.2) is 0 Å². The molecule has 6 nitrogen and oxygen atoms in total. The SMILES string of the molecule is CCCNCc1cc(S(=O)(=O)N(CC)CCOC)c[nH]1. The summed E-state index contributed by atoms with van der Waals surface area (Å²) in [6.07, 6.45) is 2.60. The standard InChI is InChI=1S/C13H25N3O3S/c1-4-6-14-10-12-9-13(11-15-12)20(17,18)16(5-2)7-8-19-3/h9,11,14-15H,4-8,10H2,1-3H3. The third kappa shape index (κ3) is 4.59. The smallest absolute Gasteiger partial charge is 0.244 e. The van der Waals surface area contributed by atoms with Crippen molar-refractivity contribution in [2.24, 2.45) is 0 Å². The number of likely N-dealkylation sites (N-methyl/N-ethyl adjacent to an activating group) is 1. The molecule has 0 aromatic carbocycles. The van der Waals surface area contributed by atoms with Crippen LogP contribution in [0, 0.1) is 0 Å². The van der Waals surface area contributed by atoms with Gasteiger partial charge in [0.1, 0.15) is 0 Å². The minimum Gasteiger partial charge on any atom is -0.383 e. The molecule has 1 aromatic rings. The zero-order chi connectivity index (χ0) is 15.0. The maximum absolute atomic E-state index is 12.4. The van der Waals surface area contributed by atoms with Crippen LogP contribution in [0.5, 0.6) is 0 Å². The first-order valence-electron chi connectivity index (χ1n) is 6.93. The molecule has 0 saturated carbocycles. The van der Waals surface area contributed by atoms with Gasteiger partial charge in [-0.25, -0.2) is 8.42 Å². The number of nitrogens with zero attached hydrogens (tertiary/aromatic N) is 1. The maximum Gasteiger partial charge on any atom is 0.244 e. The molecular weight excluding hydrogens is 278 g/mol. The summed E-state index contributed by atoms with van der Waals surface area (Å²) in [7, 11) is -1.88. The molecule has 0 radical (unpaired) electrons. The van der Waals surface area contributed by atoms with Crippen molar-refractivity contribution < 1.29 is 13.2 Å². The lowest BCUT2D eigenvalue weighted by molar-refractivity contribution is 0.180. The largest absolute Gasteiger partial charge is 0.383 e. The third-order valence-corrected chi connectivity index (χ3v) is 4.95. The van der Waals surface area contributed by atoms with E-state index in [-0.39, 0.29) is 0 Å². The van der Waals surface area contributed by atoms with Crippen LogP contribution in [-0.2, 0) is 21.3 Å². The third-order valence-electron chi connectivity index (χ3n) is 2.99. The number of aromatic amines is 1. The molecule has 0 bridgehead atoms. The summed E-state index contributed by atoms with van der Waals surface area (Å²) in [6.45, 7) is 6.66. The minimum absolute atomic E-state index is 0.309. The molecule has 0 atom stereocenters. The first-order valence-corrected chi connectivity index (χ1v) is 8.37. The van der Waals surface area contributed by atoms with Gasteiger partial charge >= 0.3 is 0 Å². The number of hydrogen-bond donors (Lipinski definition) is 2. The van der Waals surface area contributed by atoms with E-state index in [0.29, 0.717) is 31.1 Å². The Bertz CT molecular complexity index is 485. The van der Waals surface area contributed by atoms with E-state index < -0.39 is 10.0 Å². The average molecular weight is 303 g/mol. The molecule has 116 valence electrons. The molecule has 0 fully saturated rings. The van der Waals surface area contributed by atoms with Crippen molar-refractivity contribution in [1.29, 1.82) is 0 Å².